The van der Waals surface area contributed by atoms with Gasteiger partial charge in [0.15, 0.2) is 0 Å². The summed E-state index contributed by atoms with van der Waals surface area (Å²) in [5.41, 5.74) is 7.11. The van der Waals surface area contributed by atoms with Crippen LogP contribution in [0.1, 0.15) is 5.56 Å². The van der Waals surface area contributed by atoms with Crippen molar-refractivity contribution in [1.29, 1.82) is 0 Å². The molecule has 0 atom stereocenters. The Bertz CT molecular complexity index is 560. The number of rotatable bonds is 6. The lowest BCUT2D eigenvalue weighted by molar-refractivity contribution is 0.232. The third-order valence-electron chi connectivity index (χ3n) is 3.05. The highest BCUT2D eigenvalue weighted by atomic mass is 19.1. The van der Waals surface area contributed by atoms with Gasteiger partial charge in [0.2, 0.25) is 0 Å². The molecule has 0 unspecified atom stereocenters. The Hall–Kier alpha value is -2.07. The third kappa shape index (κ3) is 3.96. The standard InChI is InChI=1S/C16H19FN2O/c1-19(12-13-6-2-3-7-14(13)17)10-11-20-16-9-5-4-8-15(16)18/h2-9H,10-12,18H2,1H3. The van der Waals surface area contributed by atoms with Gasteiger partial charge in [-0.1, -0.05) is 30.3 Å². The molecule has 2 aromatic carbocycles. The van der Waals surface area contributed by atoms with Crippen LogP contribution in [0.5, 0.6) is 5.75 Å². The van der Waals surface area contributed by atoms with Crippen molar-refractivity contribution in [2.45, 2.75) is 6.54 Å². The van der Waals surface area contributed by atoms with Crippen molar-refractivity contribution < 1.29 is 9.13 Å². The van der Waals surface area contributed by atoms with Crippen LogP contribution in [-0.4, -0.2) is 25.1 Å². The first-order valence-corrected chi connectivity index (χ1v) is 6.56. The van der Waals surface area contributed by atoms with Crippen molar-refractivity contribution in [1.82, 2.24) is 4.90 Å². The van der Waals surface area contributed by atoms with Crippen molar-refractivity contribution in [2.75, 3.05) is 25.9 Å². The zero-order chi connectivity index (χ0) is 14.4. The maximum atomic E-state index is 13.5. The molecule has 0 heterocycles. The third-order valence-corrected chi connectivity index (χ3v) is 3.05. The van der Waals surface area contributed by atoms with E-state index in [-0.39, 0.29) is 5.82 Å². The van der Waals surface area contributed by atoms with Gasteiger partial charge in [-0.05, 0) is 25.2 Å². The molecular weight excluding hydrogens is 255 g/mol. The van der Waals surface area contributed by atoms with Gasteiger partial charge in [-0.25, -0.2) is 4.39 Å². The molecule has 20 heavy (non-hydrogen) atoms. The van der Waals surface area contributed by atoms with E-state index in [0.717, 1.165) is 0 Å². The number of benzene rings is 2. The van der Waals surface area contributed by atoms with Gasteiger partial charge in [-0.2, -0.15) is 0 Å². The highest BCUT2D eigenvalue weighted by Crippen LogP contribution is 2.19. The van der Waals surface area contributed by atoms with Crippen LogP contribution in [0.3, 0.4) is 0 Å². The zero-order valence-corrected chi connectivity index (χ0v) is 11.6. The van der Waals surface area contributed by atoms with E-state index in [0.29, 0.717) is 36.7 Å². The number of hydrogen-bond acceptors (Lipinski definition) is 3. The molecule has 0 aliphatic carbocycles. The van der Waals surface area contributed by atoms with Crippen molar-refractivity contribution in [3.05, 3.63) is 59.9 Å². The first-order chi connectivity index (χ1) is 9.66. The van der Waals surface area contributed by atoms with E-state index in [9.17, 15) is 4.39 Å². The van der Waals surface area contributed by atoms with Crippen LogP contribution in [0, 0.1) is 5.82 Å². The molecule has 106 valence electrons. The van der Waals surface area contributed by atoms with Gasteiger partial charge in [0.25, 0.3) is 0 Å². The number of halogens is 1. The first-order valence-electron chi connectivity index (χ1n) is 6.56. The lowest BCUT2D eigenvalue weighted by atomic mass is 10.2. The lowest BCUT2D eigenvalue weighted by Gasteiger charge is -2.17. The molecule has 0 saturated carbocycles. The van der Waals surface area contributed by atoms with E-state index in [1.807, 2.05) is 36.2 Å². The first kappa shape index (κ1) is 14.3. The number of ether oxygens (including phenoxy) is 1. The predicted octanol–water partition coefficient (Wildman–Crippen LogP) is 2.92. The largest absolute Gasteiger partial charge is 0.490 e. The van der Waals surface area contributed by atoms with E-state index in [4.69, 9.17) is 10.5 Å². The second-order valence-electron chi connectivity index (χ2n) is 4.72. The summed E-state index contributed by atoms with van der Waals surface area (Å²) in [7, 11) is 1.93. The second-order valence-corrected chi connectivity index (χ2v) is 4.72. The van der Waals surface area contributed by atoms with Gasteiger partial charge in [0.05, 0.1) is 5.69 Å². The molecule has 2 aromatic rings. The van der Waals surface area contributed by atoms with Gasteiger partial charge in [0, 0.05) is 18.7 Å². The van der Waals surface area contributed by atoms with E-state index < -0.39 is 0 Å². The van der Waals surface area contributed by atoms with Gasteiger partial charge < -0.3 is 10.5 Å². The molecule has 0 spiro atoms. The normalized spacial score (nSPS) is 10.8. The zero-order valence-electron chi connectivity index (χ0n) is 11.6. The molecule has 4 heteroatoms. The van der Waals surface area contributed by atoms with Crippen LogP contribution >= 0.6 is 0 Å². The highest BCUT2D eigenvalue weighted by molar-refractivity contribution is 5.51. The van der Waals surface area contributed by atoms with Gasteiger partial charge >= 0.3 is 0 Å². The molecule has 0 aliphatic rings. The van der Waals surface area contributed by atoms with E-state index in [2.05, 4.69) is 0 Å². The molecule has 0 bridgehead atoms. The molecule has 0 fully saturated rings. The highest BCUT2D eigenvalue weighted by Gasteiger charge is 2.05. The fourth-order valence-corrected chi connectivity index (χ4v) is 1.92. The minimum atomic E-state index is -0.174. The number of anilines is 1. The molecule has 0 radical (unpaired) electrons. The molecular formula is C16H19FN2O. The Labute approximate surface area is 118 Å². The van der Waals surface area contributed by atoms with Crippen LogP contribution in [0.4, 0.5) is 10.1 Å². The molecule has 3 nitrogen and oxygen atoms in total. The Kier molecular flexibility index (Phi) is 4.96. The predicted molar refractivity (Wildman–Crippen MR) is 79.1 cm³/mol. The number of nitrogens with two attached hydrogens (primary N) is 1. The summed E-state index contributed by atoms with van der Waals surface area (Å²) in [6.45, 7) is 1.77. The molecule has 2 rings (SSSR count). The number of likely N-dealkylation sites (N-methyl/N-ethyl adjacent to an activating group) is 1. The fraction of sp³-hybridized carbons (Fsp3) is 0.250. The molecule has 0 saturated heterocycles. The summed E-state index contributed by atoms with van der Waals surface area (Å²) in [4.78, 5) is 2.01. The van der Waals surface area contributed by atoms with E-state index >= 15 is 0 Å². The van der Waals surface area contributed by atoms with E-state index in [1.165, 1.54) is 6.07 Å². The average molecular weight is 274 g/mol. The summed E-state index contributed by atoms with van der Waals surface area (Å²) in [5, 5.41) is 0. The monoisotopic (exact) mass is 274 g/mol. The Morgan fingerprint density at radius 1 is 1.10 bits per heavy atom. The van der Waals surface area contributed by atoms with Gasteiger partial charge in [-0.15, -0.1) is 0 Å². The van der Waals surface area contributed by atoms with Crippen LogP contribution in [0.2, 0.25) is 0 Å². The summed E-state index contributed by atoms with van der Waals surface area (Å²) < 4.78 is 19.1. The SMILES string of the molecule is CN(CCOc1ccccc1N)Cc1ccccc1F. The van der Waals surface area contributed by atoms with Crippen LogP contribution in [0.15, 0.2) is 48.5 Å². The molecule has 0 amide bonds. The Morgan fingerprint density at radius 3 is 2.55 bits per heavy atom. The van der Waals surface area contributed by atoms with Crippen molar-refractivity contribution in [2.24, 2.45) is 0 Å². The fourth-order valence-electron chi connectivity index (χ4n) is 1.92. The number of nitrogens with zero attached hydrogens (tertiary/aromatic N) is 1. The van der Waals surface area contributed by atoms with Crippen molar-refractivity contribution >= 4 is 5.69 Å². The van der Waals surface area contributed by atoms with Crippen molar-refractivity contribution in [3.63, 3.8) is 0 Å². The maximum Gasteiger partial charge on any atom is 0.142 e. The molecule has 2 N–H and O–H groups in total. The molecule has 0 aliphatic heterocycles. The lowest BCUT2D eigenvalue weighted by Crippen LogP contribution is -2.24. The Balaban J connectivity index is 1.80. The summed E-state index contributed by atoms with van der Waals surface area (Å²) >= 11 is 0. The quantitative estimate of drug-likeness (QED) is 0.823. The minimum absolute atomic E-state index is 0.174. The van der Waals surface area contributed by atoms with Gasteiger partial charge in [0.1, 0.15) is 18.2 Å². The summed E-state index contributed by atoms with van der Waals surface area (Å²) in [6, 6.07) is 14.2. The number of hydrogen-bond donors (Lipinski definition) is 1. The van der Waals surface area contributed by atoms with Crippen molar-refractivity contribution in [3.8, 4) is 5.75 Å². The molecule has 0 aromatic heterocycles. The van der Waals surface area contributed by atoms with Crippen LogP contribution in [-0.2, 0) is 6.54 Å². The summed E-state index contributed by atoms with van der Waals surface area (Å²) in [6.07, 6.45) is 0. The topological polar surface area (TPSA) is 38.5 Å². The second kappa shape index (κ2) is 6.91. The number of para-hydroxylation sites is 2. The van der Waals surface area contributed by atoms with E-state index in [1.54, 1.807) is 18.2 Å². The summed E-state index contributed by atoms with van der Waals surface area (Å²) in [5.74, 6) is 0.513. The smallest absolute Gasteiger partial charge is 0.142 e. The van der Waals surface area contributed by atoms with Crippen LogP contribution in [0.25, 0.3) is 0 Å². The maximum absolute atomic E-state index is 13.5. The van der Waals surface area contributed by atoms with Crippen LogP contribution < -0.4 is 10.5 Å². The minimum Gasteiger partial charge on any atom is -0.490 e. The average Bonchev–Trinajstić information content (AvgIpc) is 2.43. The number of nitrogen functional groups attached to an aromatic ring is 1. The van der Waals surface area contributed by atoms with Gasteiger partial charge in [-0.3, -0.25) is 4.90 Å². The Morgan fingerprint density at radius 2 is 1.80 bits per heavy atom.